The Kier molecular flexibility index (Phi) is 3.96. The number of hydrogen-bond donors (Lipinski definition) is 2. The number of aliphatic hydroxyl groups is 1. The quantitative estimate of drug-likeness (QED) is 0.902. The van der Waals surface area contributed by atoms with E-state index in [4.69, 9.17) is 10.5 Å². The number of carbonyl (C=O) groups is 1. The lowest BCUT2D eigenvalue weighted by molar-refractivity contribution is 0.100. The zero-order valence-electron chi connectivity index (χ0n) is 12.1. The maximum absolute atomic E-state index is 11.9. The van der Waals surface area contributed by atoms with Crippen molar-refractivity contribution in [3.63, 3.8) is 0 Å². The summed E-state index contributed by atoms with van der Waals surface area (Å²) in [6, 6.07) is 7.52. The molecule has 0 radical (unpaired) electrons. The second kappa shape index (κ2) is 5.90. The smallest absolute Gasteiger partial charge is 0.279 e. The van der Waals surface area contributed by atoms with Crippen molar-refractivity contribution in [2.24, 2.45) is 10.7 Å². The average molecular weight is 316 g/mol. The van der Waals surface area contributed by atoms with Crippen molar-refractivity contribution in [1.29, 1.82) is 0 Å². The van der Waals surface area contributed by atoms with Crippen molar-refractivity contribution in [1.82, 2.24) is 0 Å². The van der Waals surface area contributed by atoms with Crippen molar-refractivity contribution < 1.29 is 14.6 Å². The van der Waals surface area contributed by atoms with Crippen LogP contribution < -0.4 is 10.5 Å². The van der Waals surface area contributed by atoms with E-state index < -0.39 is 0 Å². The first-order chi connectivity index (χ1) is 10.6. The van der Waals surface area contributed by atoms with Gasteiger partial charge in [0, 0.05) is 22.6 Å². The van der Waals surface area contributed by atoms with Gasteiger partial charge in [0.25, 0.3) is 5.91 Å². The number of hydrogen-bond acceptors (Lipinski definition) is 5. The number of amidine groups is 1. The molecule has 2 aromatic rings. The molecule has 22 heavy (non-hydrogen) atoms. The topological polar surface area (TPSA) is 84.9 Å². The second-order valence-electron chi connectivity index (χ2n) is 5.10. The van der Waals surface area contributed by atoms with Gasteiger partial charge in [-0.15, -0.1) is 11.3 Å². The van der Waals surface area contributed by atoms with Crippen LogP contribution >= 0.6 is 11.3 Å². The lowest BCUT2D eigenvalue weighted by Crippen LogP contribution is -2.21. The van der Waals surface area contributed by atoms with Crippen molar-refractivity contribution in [2.45, 2.75) is 19.4 Å². The molecule has 3 rings (SSSR count). The SMILES string of the molecule is COc1ccc(Cc2cc3c(s2)CC(N)=NC3=O)c(CO)c1. The third-order valence-corrected chi connectivity index (χ3v) is 4.76. The number of carbonyl (C=O) groups excluding carboxylic acids is 1. The number of methoxy groups -OCH3 is 1. The minimum Gasteiger partial charge on any atom is -0.497 e. The molecular weight excluding hydrogens is 300 g/mol. The van der Waals surface area contributed by atoms with E-state index in [9.17, 15) is 9.90 Å². The summed E-state index contributed by atoms with van der Waals surface area (Å²) >= 11 is 1.57. The number of ether oxygens (including phenoxy) is 1. The first-order valence-electron chi connectivity index (χ1n) is 6.86. The standard InChI is InChI=1S/C16H16N2O3S/c1-21-11-3-2-9(10(4-11)8-19)5-12-6-13-14(22-12)7-15(17)18-16(13)20/h2-4,6,19H,5,7-8H2,1H3,(H2,17,18,20). The minimum absolute atomic E-state index is 0.0490. The average Bonchev–Trinajstić information content (AvgIpc) is 2.90. The number of fused-ring (bicyclic) bond motifs is 1. The van der Waals surface area contributed by atoms with Gasteiger partial charge in [-0.1, -0.05) is 6.07 Å². The Labute approximate surface area is 132 Å². The lowest BCUT2D eigenvalue weighted by atomic mass is 10.0. The molecule has 0 atom stereocenters. The molecule has 1 aliphatic heterocycles. The Hall–Kier alpha value is -2.18. The van der Waals surface area contributed by atoms with E-state index in [-0.39, 0.29) is 12.5 Å². The van der Waals surface area contributed by atoms with Gasteiger partial charge in [-0.3, -0.25) is 4.79 Å². The Morgan fingerprint density at radius 2 is 2.18 bits per heavy atom. The number of aliphatic imine (C=N–C) groups is 1. The summed E-state index contributed by atoms with van der Waals surface area (Å²) in [5, 5.41) is 9.51. The summed E-state index contributed by atoms with van der Waals surface area (Å²) in [6.45, 7) is -0.0490. The molecule has 5 nitrogen and oxygen atoms in total. The van der Waals surface area contributed by atoms with Crippen molar-refractivity contribution in [3.8, 4) is 5.75 Å². The predicted octanol–water partition coefficient (Wildman–Crippen LogP) is 1.89. The normalized spacial score (nSPS) is 13.7. The zero-order chi connectivity index (χ0) is 15.7. The minimum atomic E-state index is -0.265. The number of thiophene rings is 1. The molecule has 0 bridgehead atoms. The van der Waals surface area contributed by atoms with Crippen molar-refractivity contribution in [2.75, 3.05) is 7.11 Å². The van der Waals surface area contributed by atoms with Gasteiger partial charge in [0.15, 0.2) is 0 Å². The summed E-state index contributed by atoms with van der Waals surface area (Å²) < 4.78 is 5.17. The van der Waals surface area contributed by atoms with Crippen LogP contribution in [0.15, 0.2) is 29.3 Å². The van der Waals surface area contributed by atoms with Gasteiger partial charge in [0.05, 0.1) is 19.3 Å². The van der Waals surface area contributed by atoms with Crippen LogP contribution in [0.25, 0.3) is 0 Å². The van der Waals surface area contributed by atoms with Crippen molar-refractivity contribution >= 4 is 23.1 Å². The molecule has 0 fully saturated rings. The molecule has 1 aromatic carbocycles. The van der Waals surface area contributed by atoms with E-state index in [1.807, 2.05) is 24.3 Å². The number of aliphatic hydroxyl groups excluding tert-OH is 1. The number of nitrogens with zero attached hydrogens (tertiary/aromatic N) is 1. The summed E-state index contributed by atoms with van der Waals surface area (Å²) in [5.41, 5.74) is 8.16. The van der Waals surface area contributed by atoms with Crippen LogP contribution in [0.4, 0.5) is 0 Å². The van der Waals surface area contributed by atoms with Gasteiger partial charge in [-0.05, 0) is 29.3 Å². The Morgan fingerprint density at radius 3 is 2.91 bits per heavy atom. The number of rotatable bonds is 4. The highest BCUT2D eigenvalue weighted by Crippen LogP contribution is 2.29. The Bertz CT molecular complexity index is 765. The van der Waals surface area contributed by atoms with Gasteiger partial charge >= 0.3 is 0 Å². The predicted molar refractivity (Wildman–Crippen MR) is 85.7 cm³/mol. The zero-order valence-corrected chi connectivity index (χ0v) is 12.9. The van der Waals surface area contributed by atoms with Gasteiger partial charge in [-0.2, -0.15) is 4.99 Å². The van der Waals surface area contributed by atoms with E-state index in [2.05, 4.69) is 4.99 Å². The molecule has 0 saturated carbocycles. The van der Waals surface area contributed by atoms with Crippen LogP contribution in [0.5, 0.6) is 5.75 Å². The van der Waals surface area contributed by atoms with Crippen LogP contribution in [0.2, 0.25) is 0 Å². The fourth-order valence-electron chi connectivity index (χ4n) is 2.51. The first-order valence-corrected chi connectivity index (χ1v) is 7.68. The third-order valence-electron chi connectivity index (χ3n) is 3.63. The van der Waals surface area contributed by atoms with Gasteiger partial charge in [-0.25, -0.2) is 0 Å². The molecule has 114 valence electrons. The summed E-state index contributed by atoms with van der Waals surface area (Å²) in [7, 11) is 1.60. The highest BCUT2D eigenvalue weighted by atomic mass is 32.1. The number of amides is 1. The van der Waals surface area contributed by atoms with E-state index in [1.165, 1.54) is 0 Å². The molecule has 0 spiro atoms. The lowest BCUT2D eigenvalue weighted by Gasteiger charge is -2.08. The molecule has 1 amide bonds. The Balaban J connectivity index is 1.89. The first kappa shape index (κ1) is 14.7. The molecule has 0 saturated heterocycles. The van der Waals surface area contributed by atoms with Gasteiger partial charge in [0.1, 0.15) is 11.6 Å². The second-order valence-corrected chi connectivity index (χ2v) is 6.33. The fraction of sp³-hybridized carbons (Fsp3) is 0.250. The van der Waals surface area contributed by atoms with E-state index in [0.29, 0.717) is 24.2 Å². The molecule has 1 aliphatic rings. The van der Waals surface area contributed by atoms with E-state index in [0.717, 1.165) is 26.6 Å². The molecule has 2 heterocycles. The number of nitrogens with two attached hydrogens (primary N) is 1. The van der Waals surface area contributed by atoms with Crippen LogP contribution in [0.3, 0.4) is 0 Å². The van der Waals surface area contributed by atoms with Crippen LogP contribution in [0.1, 0.15) is 31.2 Å². The van der Waals surface area contributed by atoms with Crippen LogP contribution in [0, 0.1) is 0 Å². The maximum atomic E-state index is 11.9. The maximum Gasteiger partial charge on any atom is 0.279 e. The summed E-state index contributed by atoms with van der Waals surface area (Å²) in [5.74, 6) is 0.819. The molecule has 1 aromatic heterocycles. The molecule has 0 aliphatic carbocycles. The fourth-order valence-corrected chi connectivity index (χ4v) is 3.71. The monoisotopic (exact) mass is 316 g/mol. The highest BCUT2D eigenvalue weighted by molar-refractivity contribution is 7.12. The summed E-state index contributed by atoms with van der Waals surface area (Å²) in [4.78, 5) is 17.7. The largest absolute Gasteiger partial charge is 0.497 e. The van der Waals surface area contributed by atoms with E-state index in [1.54, 1.807) is 18.4 Å². The van der Waals surface area contributed by atoms with Gasteiger partial charge in [0.2, 0.25) is 0 Å². The highest BCUT2D eigenvalue weighted by Gasteiger charge is 2.21. The number of benzene rings is 1. The van der Waals surface area contributed by atoms with Crippen LogP contribution in [-0.2, 0) is 19.4 Å². The summed E-state index contributed by atoms with van der Waals surface area (Å²) in [6.07, 6.45) is 1.19. The van der Waals surface area contributed by atoms with Crippen LogP contribution in [-0.4, -0.2) is 24.0 Å². The third kappa shape index (κ3) is 2.75. The van der Waals surface area contributed by atoms with Gasteiger partial charge < -0.3 is 15.6 Å². The van der Waals surface area contributed by atoms with E-state index >= 15 is 0 Å². The Morgan fingerprint density at radius 1 is 1.36 bits per heavy atom. The molecule has 3 N–H and O–H groups in total. The molecular formula is C16H16N2O3S. The molecule has 6 heteroatoms. The van der Waals surface area contributed by atoms with Crippen molar-refractivity contribution in [3.05, 3.63) is 50.7 Å². The molecule has 0 unspecified atom stereocenters.